The molecule has 1 atom stereocenters. The van der Waals surface area contributed by atoms with Crippen LogP contribution in [0.5, 0.6) is 0 Å². The van der Waals surface area contributed by atoms with Crippen molar-refractivity contribution in [2.75, 3.05) is 6.54 Å². The van der Waals surface area contributed by atoms with Gasteiger partial charge in [-0.1, -0.05) is 42.1 Å². The normalized spacial score (nSPS) is 11.7. The molecule has 150 valence electrons. The van der Waals surface area contributed by atoms with Gasteiger partial charge >= 0.3 is 6.03 Å². The van der Waals surface area contributed by atoms with Crippen LogP contribution < -0.4 is 10.6 Å². The van der Waals surface area contributed by atoms with Crippen molar-refractivity contribution in [1.29, 1.82) is 0 Å². The molecule has 0 spiro atoms. The van der Waals surface area contributed by atoms with Gasteiger partial charge in [0.1, 0.15) is 5.82 Å². The molecule has 29 heavy (non-hydrogen) atoms. The summed E-state index contributed by atoms with van der Waals surface area (Å²) in [6.45, 7) is 3.85. The number of nitrogens with one attached hydrogen (secondary N) is 2. The van der Waals surface area contributed by atoms with E-state index in [1.165, 1.54) is 12.1 Å². The van der Waals surface area contributed by atoms with Crippen LogP contribution in [-0.4, -0.2) is 38.5 Å². The van der Waals surface area contributed by atoms with E-state index in [0.29, 0.717) is 23.2 Å². The number of benzene rings is 2. The number of rotatable bonds is 6. The average Bonchev–Trinajstić information content (AvgIpc) is 3.13. The van der Waals surface area contributed by atoms with Crippen molar-refractivity contribution >= 4 is 23.7 Å². The monoisotopic (exact) mass is 413 g/mol. The van der Waals surface area contributed by atoms with E-state index in [9.17, 15) is 14.0 Å². The number of hydrogen-bond acceptors (Lipinski definition) is 5. The largest absolute Gasteiger partial charge is 0.338 e. The first-order valence-corrected chi connectivity index (χ1v) is 9.89. The first-order chi connectivity index (χ1) is 14.0. The molecule has 0 bridgehead atoms. The lowest BCUT2D eigenvalue weighted by Gasteiger charge is -2.13. The van der Waals surface area contributed by atoms with Gasteiger partial charge in [0.25, 0.3) is 0 Å². The zero-order valence-electron chi connectivity index (χ0n) is 15.9. The molecule has 9 heteroatoms. The van der Waals surface area contributed by atoms with Crippen molar-refractivity contribution in [3.8, 4) is 17.1 Å². The van der Waals surface area contributed by atoms with Crippen molar-refractivity contribution in [3.63, 3.8) is 0 Å². The summed E-state index contributed by atoms with van der Waals surface area (Å²) in [7, 11) is 0. The van der Waals surface area contributed by atoms with Crippen molar-refractivity contribution in [2.24, 2.45) is 0 Å². The Hall–Kier alpha value is -3.20. The number of carbonyl (C=O) groups is 2. The van der Waals surface area contributed by atoms with E-state index in [2.05, 4.69) is 20.8 Å². The van der Waals surface area contributed by atoms with Gasteiger partial charge in [0.05, 0.1) is 5.25 Å². The Morgan fingerprint density at radius 3 is 2.45 bits per heavy atom. The Morgan fingerprint density at radius 1 is 1.10 bits per heavy atom. The second-order valence-electron chi connectivity index (χ2n) is 6.09. The van der Waals surface area contributed by atoms with E-state index >= 15 is 0 Å². The molecular formula is C20H20FN5O2S. The smallest absolute Gasteiger partial charge is 0.321 e. The van der Waals surface area contributed by atoms with Gasteiger partial charge in [0.15, 0.2) is 11.0 Å². The Labute approximate surface area is 171 Å². The maximum Gasteiger partial charge on any atom is 0.321 e. The molecule has 2 aromatic carbocycles. The minimum absolute atomic E-state index is 0.355. The molecule has 0 saturated heterocycles. The zero-order valence-corrected chi connectivity index (χ0v) is 16.7. The molecule has 3 aromatic rings. The van der Waals surface area contributed by atoms with Gasteiger partial charge in [-0.2, -0.15) is 0 Å². The fourth-order valence-corrected chi connectivity index (χ4v) is 3.44. The highest BCUT2D eigenvalue weighted by molar-refractivity contribution is 8.00. The molecule has 3 amide bonds. The second-order valence-corrected chi connectivity index (χ2v) is 7.40. The number of carbonyl (C=O) groups excluding carboxylic acids is 2. The lowest BCUT2D eigenvalue weighted by Crippen LogP contribution is -2.42. The van der Waals surface area contributed by atoms with E-state index in [-0.39, 0.29) is 5.82 Å². The van der Waals surface area contributed by atoms with Crippen LogP contribution in [0.2, 0.25) is 0 Å². The third-order valence-electron chi connectivity index (χ3n) is 3.98. The number of aromatic nitrogens is 3. The highest BCUT2D eigenvalue weighted by Gasteiger charge is 2.23. The fraction of sp³-hybridized carbons (Fsp3) is 0.200. The number of imide groups is 1. The molecule has 0 fully saturated rings. The third-order valence-corrected chi connectivity index (χ3v) is 5.02. The molecule has 3 rings (SSSR count). The zero-order chi connectivity index (χ0) is 20.8. The van der Waals surface area contributed by atoms with E-state index in [4.69, 9.17) is 0 Å². The topological polar surface area (TPSA) is 88.9 Å². The maximum absolute atomic E-state index is 13.4. The lowest BCUT2D eigenvalue weighted by atomic mass is 10.2. The average molecular weight is 413 g/mol. The minimum atomic E-state index is -0.607. The van der Waals surface area contributed by atoms with Gasteiger partial charge < -0.3 is 5.32 Å². The molecule has 0 radical (unpaired) electrons. The molecule has 7 nitrogen and oxygen atoms in total. The standard InChI is InChI=1S/C20H20FN5O2S/c1-3-22-19(28)23-18(27)13(2)29-20-25-24-17(14-7-5-4-6-8-14)26(20)16-11-9-15(21)10-12-16/h4-13H,3H2,1-2H3,(H2,22,23,27,28)/t13-/m1/s1. The van der Waals surface area contributed by atoms with Crippen LogP contribution in [-0.2, 0) is 4.79 Å². The number of thioether (sulfide) groups is 1. The van der Waals surface area contributed by atoms with Crippen molar-refractivity contribution in [1.82, 2.24) is 25.4 Å². The van der Waals surface area contributed by atoms with Gasteiger partial charge in [-0.25, -0.2) is 9.18 Å². The number of nitrogens with zero attached hydrogens (tertiary/aromatic N) is 3. The van der Waals surface area contributed by atoms with Crippen LogP contribution in [0.4, 0.5) is 9.18 Å². The summed E-state index contributed by atoms with van der Waals surface area (Å²) in [5.41, 5.74) is 1.49. The Morgan fingerprint density at radius 2 is 1.79 bits per heavy atom. The van der Waals surface area contributed by atoms with Crippen LogP contribution in [0.1, 0.15) is 13.8 Å². The summed E-state index contributed by atoms with van der Waals surface area (Å²) in [6.07, 6.45) is 0. The summed E-state index contributed by atoms with van der Waals surface area (Å²) in [5, 5.41) is 13.2. The number of hydrogen-bond donors (Lipinski definition) is 2. The van der Waals surface area contributed by atoms with Gasteiger partial charge in [-0.15, -0.1) is 10.2 Å². The molecule has 1 aromatic heterocycles. The highest BCUT2D eigenvalue weighted by Crippen LogP contribution is 2.30. The SMILES string of the molecule is CCNC(=O)NC(=O)[C@@H](C)Sc1nnc(-c2ccccc2)n1-c1ccc(F)cc1. The molecule has 0 aliphatic carbocycles. The first-order valence-electron chi connectivity index (χ1n) is 9.01. The number of halogens is 1. The highest BCUT2D eigenvalue weighted by atomic mass is 32.2. The first kappa shape index (κ1) is 20.5. The molecule has 1 heterocycles. The molecule has 0 saturated carbocycles. The summed E-state index contributed by atoms with van der Waals surface area (Å²) in [4.78, 5) is 23.9. The number of urea groups is 1. The summed E-state index contributed by atoms with van der Waals surface area (Å²) in [5.74, 6) is -0.237. The van der Waals surface area contributed by atoms with Crippen LogP contribution in [0.3, 0.4) is 0 Å². The summed E-state index contributed by atoms with van der Waals surface area (Å²) < 4.78 is 15.2. The number of amides is 3. The van der Waals surface area contributed by atoms with E-state index in [1.807, 2.05) is 30.3 Å². The van der Waals surface area contributed by atoms with Gasteiger partial charge in [0, 0.05) is 17.8 Å². The minimum Gasteiger partial charge on any atom is -0.338 e. The van der Waals surface area contributed by atoms with Crippen LogP contribution in [0.25, 0.3) is 17.1 Å². The van der Waals surface area contributed by atoms with Crippen molar-refractivity contribution in [3.05, 3.63) is 60.4 Å². The summed E-state index contributed by atoms with van der Waals surface area (Å²) in [6, 6.07) is 14.8. The summed E-state index contributed by atoms with van der Waals surface area (Å²) >= 11 is 1.16. The lowest BCUT2D eigenvalue weighted by molar-refractivity contribution is -0.119. The van der Waals surface area contributed by atoms with Crippen molar-refractivity contribution < 1.29 is 14.0 Å². The maximum atomic E-state index is 13.4. The molecule has 2 N–H and O–H groups in total. The van der Waals surface area contributed by atoms with Crippen LogP contribution >= 0.6 is 11.8 Å². The van der Waals surface area contributed by atoms with Crippen LogP contribution in [0, 0.1) is 5.82 Å². The Kier molecular flexibility index (Phi) is 6.61. The Balaban J connectivity index is 1.92. The third kappa shape index (κ3) is 5.00. The van der Waals surface area contributed by atoms with E-state index < -0.39 is 17.2 Å². The van der Waals surface area contributed by atoms with E-state index in [1.54, 1.807) is 30.5 Å². The molecular weight excluding hydrogens is 393 g/mol. The van der Waals surface area contributed by atoms with Gasteiger partial charge in [-0.05, 0) is 38.1 Å². The van der Waals surface area contributed by atoms with Crippen LogP contribution in [0.15, 0.2) is 59.8 Å². The van der Waals surface area contributed by atoms with Crippen molar-refractivity contribution in [2.45, 2.75) is 24.3 Å². The molecule has 0 aliphatic rings. The quantitative estimate of drug-likeness (QED) is 0.605. The second kappa shape index (κ2) is 9.33. The van der Waals surface area contributed by atoms with E-state index in [0.717, 1.165) is 17.3 Å². The fourth-order valence-electron chi connectivity index (χ4n) is 2.57. The predicted molar refractivity (Wildman–Crippen MR) is 109 cm³/mol. The predicted octanol–water partition coefficient (Wildman–Crippen LogP) is 3.40. The Bertz CT molecular complexity index is 992. The van der Waals surface area contributed by atoms with Gasteiger partial charge in [-0.3, -0.25) is 14.7 Å². The van der Waals surface area contributed by atoms with Gasteiger partial charge in [0.2, 0.25) is 5.91 Å². The molecule has 0 unspecified atom stereocenters. The molecule has 0 aliphatic heterocycles.